The Hall–Kier alpha value is -2.50. The molecule has 2 rings (SSSR count). The summed E-state index contributed by atoms with van der Waals surface area (Å²) in [5, 5.41) is 3.27. The Balaban J connectivity index is 1.97. The van der Waals surface area contributed by atoms with Crippen molar-refractivity contribution in [1.29, 1.82) is 0 Å². The van der Waals surface area contributed by atoms with Crippen molar-refractivity contribution in [2.24, 2.45) is 0 Å². The van der Waals surface area contributed by atoms with Crippen molar-refractivity contribution in [2.45, 2.75) is 19.9 Å². The van der Waals surface area contributed by atoms with Crippen LogP contribution in [0.3, 0.4) is 0 Å². The molecular formula is C16H21N3O3. The number of aryl methyl sites for hydroxylation is 2. The van der Waals surface area contributed by atoms with Gasteiger partial charge in [0.05, 0.1) is 26.1 Å². The minimum Gasteiger partial charge on any atom is -0.497 e. The van der Waals surface area contributed by atoms with E-state index in [1.54, 1.807) is 13.2 Å². The molecule has 0 fully saturated rings. The molecule has 2 aromatic rings. The largest absolute Gasteiger partial charge is 0.497 e. The predicted octanol–water partition coefficient (Wildman–Crippen LogP) is 2.49. The van der Waals surface area contributed by atoms with Crippen LogP contribution in [0.25, 0.3) is 0 Å². The van der Waals surface area contributed by atoms with E-state index in [1.165, 1.54) is 7.11 Å². The second-order valence-electron chi connectivity index (χ2n) is 4.91. The third-order valence-electron chi connectivity index (χ3n) is 3.44. The first-order valence-electron chi connectivity index (χ1n) is 7.12. The Morgan fingerprint density at radius 3 is 2.82 bits per heavy atom. The van der Waals surface area contributed by atoms with Gasteiger partial charge < -0.3 is 19.4 Å². The molecule has 6 heteroatoms. The van der Waals surface area contributed by atoms with E-state index in [0.29, 0.717) is 11.3 Å². The number of aromatic nitrogens is 2. The highest BCUT2D eigenvalue weighted by Crippen LogP contribution is 2.22. The van der Waals surface area contributed by atoms with E-state index in [1.807, 2.05) is 31.6 Å². The number of carbonyl (C=O) groups excluding carboxylic acids is 1. The number of hydrogen-bond acceptors (Lipinski definition) is 5. The first kappa shape index (κ1) is 15.9. The SMILES string of the molecule is COC(=O)c1cc(OC)ccc1NCCCn1cncc1C. The van der Waals surface area contributed by atoms with Gasteiger partial charge in [-0.3, -0.25) is 0 Å². The fraction of sp³-hybridized carbons (Fsp3) is 0.375. The van der Waals surface area contributed by atoms with Gasteiger partial charge in [0.1, 0.15) is 5.75 Å². The summed E-state index contributed by atoms with van der Waals surface area (Å²) in [5.74, 6) is 0.242. The maximum absolute atomic E-state index is 11.8. The highest BCUT2D eigenvalue weighted by molar-refractivity contribution is 5.96. The lowest BCUT2D eigenvalue weighted by Gasteiger charge is -2.12. The van der Waals surface area contributed by atoms with E-state index >= 15 is 0 Å². The second kappa shape index (κ2) is 7.49. The maximum Gasteiger partial charge on any atom is 0.340 e. The summed E-state index contributed by atoms with van der Waals surface area (Å²) in [6, 6.07) is 5.32. The monoisotopic (exact) mass is 303 g/mol. The zero-order chi connectivity index (χ0) is 15.9. The molecule has 22 heavy (non-hydrogen) atoms. The molecule has 0 aliphatic carbocycles. The van der Waals surface area contributed by atoms with Crippen LogP contribution in [0.15, 0.2) is 30.7 Å². The number of rotatable bonds is 7. The third kappa shape index (κ3) is 3.78. The Morgan fingerprint density at radius 2 is 2.18 bits per heavy atom. The number of nitrogens with one attached hydrogen (secondary N) is 1. The van der Waals surface area contributed by atoms with Gasteiger partial charge in [0.25, 0.3) is 0 Å². The molecule has 0 aliphatic rings. The van der Waals surface area contributed by atoms with E-state index in [-0.39, 0.29) is 5.97 Å². The van der Waals surface area contributed by atoms with E-state index < -0.39 is 0 Å². The summed E-state index contributed by atoms with van der Waals surface area (Å²) in [4.78, 5) is 15.9. The van der Waals surface area contributed by atoms with Crippen LogP contribution in [0.4, 0.5) is 5.69 Å². The molecule has 0 amide bonds. The summed E-state index contributed by atoms with van der Waals surface area (Å²) >= 11 is 0. The first-order valence-corrected chi connectivity index (χ1v) is 7.12. The summed E-state index contributed by atoms with van der Waals surface area (Å²) in [6.07, 6.45) is 4.58. The molecule has 1 heterocycles. The van der Waals surface area contributed by atoms with Crippen LogP contribution in [0.2, 0.25) is 0 Å². The van der Waals surface area contributed by atoms with Crippen LogP contribution in [0.1, 0.15) is 22.5 Å². The second-order valence-corrected chi connectivity index (χ2v) is 4.91. The molecule has 1 aromatic heterocycles. The lowest BCUT2D eigenvalue weighted by Crippen LogP contribution is -2.11. The van der Waals surface area contributed by atoms with Crippen molar-refractivity contribution in [3.05, 3.63) is 42.0 Å². The van der Waals surface area contributed by atoms with Crippen molar-refractivity contribution >= 4 is 11.7 Å². The maximum atomic E-state index is 11.8. The van der Waals surface area contributed by atoms with Gasteiger partial charge in [-0.05, 0) is 31.5 Å². The minimum absolute atomic E-state index is 0.383. The normalized spacial score (nSPS) is 10.3. The molecule has 118 valence electrons. The van der Waals surface area contributed by atoms with Gasteiger partial charge in [0.15, 0.2) is 0 Å². The molecule has 0 unspecified atom stereocenters. The number of nitrogens with zero attached hydrogens (tertiary/aromatic N) is 2. The van der Waals surface area contributed by atoms with E-state index in [9.17, 15) is 4.79 Å². The smallest absolute Gasteiger partial charge is 0.340 e. The lowest BCUT2D eigenvalue weighted by atomic mass is 10.1. The highest BCUT2D eigenvalue weighted by atomic mass is 16.5. The molecule has 0 atom stereocenters. The van der Waals surface area contributed by atoms with Gasteiger partial charge in [0, 0.05) is 30.7 Å². The summed E-state index contributed by atoms with van der Waals surface area (Å²) in [7, 11) is 2.93. The van der Waals surface area contributed by atoms with Crippen molar-refractivity contribution < 1.29 is 14.3 Å². The standard InChI is InChI=1S/C16H21N3O3/c1-12-10-17-11-19(12)8-4-7-18-15-6-5-13(21-2)9-14(15)16(20)22-3/h5-6,9-11,18H,4,7-8H2,1-3H3. The summed E-state index contributed by atoms with van der Waals surface area (Å²) in [6.45, 7) is 3.65. The molecule has 0 saturated heterocycles. The fourth-order valence-corrected chi connectivity index (χ4v) is 2.18. The molecule has 0 saturated carbocycles. The van der Waals surface area contributed by atoms with Crippen molar-refractivity contribution in [3.63, 3.8) is 0 Å². The average Bonchev–Trinajstić information content (AvgIpc) is 2.96. The van der Waals surface area contributed by atoms with Gasteiger partial charge in [-0.25, -0.2) is 9.78 Å². The summed E-state index contributed by atoms with van der Waals surface area (Å²) < 4.78 is 12.1. The number of carbonyl (C=O) groups is 1. The van der Waals surface area contributed by atoms with Gasteiger partial charge in [-0.2, -0.15) is 0 Å². The lowest BCUT2D eigenvalue weighted by molar-refractivity contribution is 0.0601. The van der Waals surface area contributed by atoms with Crippen LogP contribution in [-0.4, -0.2) is 36.3 Å². The number of ether oxygens (including phenoxy) is 2. The number of anilines is 1. The number of methoxy groups -OCH3 is 2. The van der Waals surface area contributed by atoms with Gasteiger partial charge in [0.2, 0.25) is 0 Å². The third-order valence-corrected chi connectivity index (χ3v) is 3.44. The van der Waals surface area contributed by atoms with Crippen LogP contribution in [0.5, 0.6) is 5.75 Å². The Bertz CT molecular complexity index is 637. The van der Waals surface area contributed by atoms with E-state index in [0.717, 1.165) is 30.9 Å². The predicted molar refractivity (Wildman–Crippen MR) is 84.4 cm³/mol. The first-order chi connectivity index (χ1) is 10.7. The molecule has 6 nitrogen and oxygen atoms in total. The van der Waals surface area contributed by atoms with E-state index in [2.05, 4.69) is 14.9 Å². The van der Waals surface area contributed by atoms with Crippen LogP contribution in [-0.2, 0) is 11.3 Å². The van der Waals surface area contributed by atoms with Crippen molar-refractivity contribution in [3.8, 4) is 5.75 Å². The fourth-order valence-electron chi connectivity index (χ4n) is 2.18. The molecule has 0 bridgehead atoms. The molecule has 0 radical (unpaired) electrons. The number of benzene rings is 1. The zero-order valence-electron chi connectivity index (χ0n) is 13.1. The number of imidazole rings is 1. The zero-order valence-corrected chi connectivity index (χ0v) is 13.1. The Kier molecular flexibility index (Phi) is 5.41. The van der Waals surface area contributed by atoms with Crippen LogP contribution < -0.4 is 10.1 Å². The van der Waals surface area contributed by atoms with Gasteiger partial charge >= 0.3 is 5.97 Å². The summed E-state index contributed by atoms with van der Waals surface area (Å²) in [5.41, 5.74) is 2.36. The number of esters is 1. The van der Waals surface area contributed by atoms with Crippen molar-refractivity contribution in [2.75, 3.05) is 26.1 Å². The molecule has 0 aliphatic heterocycles. The quantitative estimate of drug-likeness (QED) is 0.629. The topological polar surface area (TPSA) is 65.4 Å². The minimum atomic E-state index is -0.383. The average molecular weight is 303 g/mol. The molecule has 0 spiro atoms. The molecular weight excluding hydrogens is 282 g/mol. The molecule has 1 aromatic carbocycles. The highest BCUT2D eigenvalue weighted by Gasteiger charge is 2.13. The molecule has 1 N–H and O–H groups in total. The van der Waals surface area contributed by atoms with Crippen LogP contribution in [0, 0.1) is 6.92 Å². The number of hydrogen-bond donors (Lipinski definition) is 1. The van der Waals surface area contributed by atoms with Crippen LogP contribution >= 0.6 is 0 Å². The van der Waals surface area contributed by atoms with E-state index in [4.69, 9.17) is 9.47 Å². The van der Waals surface area contributed by atoms with Gasteiger partial charge in [-0.1, -0.05) is 0 Å². The van der Waals surface area contributed by atoms with Crippen molar-refractivity contribution in [1.82, 2.24) is 9.55 Å². The Morgan fingerprint density at radius 1 is 1.36 bits per heavy atom. The van der Waals surface area contributed by atoms with Gasteiger partial charge in [-0.15, -0.1) is 0 Å². The Labute approximate surface area is 130 Å².